The van der Waals surface area contributed by atoms with Gasteiger partial charge in [-0.2, -0.15) is 0 Å². The molecule has 1 N–H and O–H groups in total. The fraction of sp³-hybridized carbons (Fsp3) is 0.190. The highest BCUT2D eigenvalue weighted by atomic mass is 32.2. The van der Waals surface area contributed by atoms with Gasteiger partial charge in [0.2, 0.25) is 11.8 Å². The van der Waals surface area contributed by atoms with Crippen LogP contribution in [0.1, 0.15) is 27.1 Å². The standard InChI is InChI=1S/C21H17NO7S/c23-16(13-4-2-1-3-5-13)11-29-21(28)14-6-8-15(9-7-14)22-18(24)10-17(20(22)27)30-12-19(25)26/h1-9,17H,10-12H2,(H,25,26). The Morgan fingerprint density at radius 2 is 1.67 bits per heavy atom. The molecule has 1 unspecified atom stereocenters. The van der Waals surface area contributed by atoms with E-state index in [1.165, 1.54) is 24.3 Å². The maximum atomic E-state index is 12.4. The van der Waals surface area contributed by atoms with E-state index in [1.807, 2.05) is 0 Å². The van der Waals surface area contributed by atoms with Gasteiger partial charge in [0.1, 0.15) is 0 Å². The molecule has 2 amide bonds. The first kappa shape index (κ1) is 21.3. The topological polar surface area (TPSA) is 118 Å². The summed E-state index contributed by atoms with van der Waals surface area (Å²) < 4.78 is 5.03. The summed E-state index contributed by atoms with van der Waals surface area (Å²) in [7, 11) is 0. The molecule has 0 bridgehead atoms. The summed E-state index contributed by atoms with van der Waals surface area (Å²) in [4.78, 5) is 60.4. The molecule has 1 heterocycles. The molecule has 30 heavy (non-hydrogen) atoms. The molecule has 1 atom stereocenters. The van der Waals surface area contributed by atoms with Crippen LogP contribution >= 0.6 is 11.8 Å². The van der Waals surface area contributed by atoms with Gasteiger partial charge in [0.05, 0.1) is 22.3 Å². The number of carbonyl (C=O) groups excluding carboxylic acids is 4. The number of anilines is 1. The number of carboxylic acid groups (broad SMARTS) is 1. The van der Waals surface area contributed by atoms with Crippen molar-refractivity contribution >= 4 is 47.0 Å². The third kappa shape index (κ3) is 4.93. The van der Waals surface area contributed by atoms with Crippen LogP contribution in [0.15, 0.2) is 54.6 Å². The number of esters is 1. The lowest BCUT2D eigenvalue weighted by atomic mass is 10.1. The monoisotopic (exact) mass is 427 g/mol. The predicted molar refractivity (Wildman–Crippen MR) is 108 cm³/mol. The van der Waals surface area contributed by atoms with E-state index in [-0.39, 0.29) is 29.2 Å². The number of rotatable bonds is 8. The molecule has 3 rings (SSSR count). The highest BCUT2D eigenvalue weighted by molar-refractivity contribution is 8.01. The van der Waals surface area contributed by atoms with Crippen molar-refractivity contribution in [2.45, 2.75) is 11.7 Å². The second-order valence-electron chi connectivity index (χ2n) is 6.38. The number of Topliss-reactive ketones (excluding diaryl/α,β-unsaturated/α-hetero) is 1. The van der Waals surface area contributed by atoms with Crippen LogP contribution in [-0.4, -0.2) is 52.3 Å². The molecule has 1 saturated heterocycles. The average Bonchev–Trinajstić information content (AvgIpc) is 3.04. The third-order valence-electron chi connectivity index (χ3n) is 4.30. The quantitative estimate of drug-likeness (QED) is 0.387. The Hall–Kier alpha value is -3.46. The summed E-state index contributed by atoms with van der Waals surface area (Å²) in [5.74, 6) is -3.31. The van der Waals surface area contributed by atoms with E-state index in [2.05, 4.69) is 0 Å². The molecule has 0 spiro atoms. The summed E-state index contributed by atoms with van der Waals surface area (Å²) in [6, 6.07) is 14.1. The number of imide groups is 1. The Morgan fingerprint density at radius 3 is 2.30 bits per heavy atom. The minimum Gasteiger partial charge on any atom is -0.481 e. The van der Waals surface area contributed by atoms with Crippen molar-refractivity contribution in [3.63, 3.8) is 0 Å². The zero-order chi connectivity index (χ0) is 21.7. The van der Waals surface area contributed by atoms with Crippen LogP contribution < -0.4 is 4.90 Å². The Balaban J connectivity index is 1.61. The number of carbonyl (C=O) groups is 5. The number of aliphatic carboxylic acids is 1. The van der Waals surface area contributed by atoms with Gasteiger partial charge < -0.3 is 9.84 Å². The number of thioether (sulfide) groups is 1. The number of hydrogen-bond donors (Lipinski definition) is 1. The molecule has 0 aromatic heterocycles. The molecular formula is C21H17NO7S. The van der Waals surface area contributed by atoms with Crippen LogP contribution in [0.3, 0.4) is 0 Å². The maximum Gasteiger partial charge on any atom is 0.338 e. The van der Waals surface area contributed by atoms with Crippen molar-refractivity contribution in [2.75, 3.05) is 17.3 Å². The van der Waals surface area contributed by atoms with Crippen molar-refractivity contribution in [1.29, 1.82) is 0 Å². The smallest absolute Gasteiger partial charge is 0.338 e. The van der Waals surface area contributed by atoms with E-state index < -0.39 is 35.6 Å². The Labute approximate surface area is 175 Å². The molecule has 8 nitrogen and oxygen atoms in total. The molecule has 9 heteroatoms. The van der Waals surface area contributed by atoms with Crippen LogP contribution in [-0.2, 0) is 19.1 Å². The van der Waals surface area contributed by atoms with Crippen LogP contribution in [0.5, 0.6) is 0 Å². The van der Waals surface area contributed by atoms with Crippen molar-refractivity contribution < 1.29 is 33.8 Å². The molecular weight excluding hydrogens is 410 g/mol. The summed E-state index contributed by atoms with van der Waals surface area (Å²) in [6.07, 6.45) is -0.0812. The van der Waals surface area contributed by atoms with Crippen molar-refractivity contribution in [3.8, 4) is 0 Å². The van der Waals surface area contributed by atoms with Gasteiger partial charge in [0.15, 0.2) is 12.4 Å². The summed E-state index contributed by atoms with van der Waals surface area (Å²) in [5, 5.41) is 7.99. The Bertz CT molecular complexity index is 988. The fourth-order valence-electron chi connectivity index (χ4n) is 2.85. The number of nitrogens with zero attached hydrogens (tertiary/aromatic N) is 1. The lowest BCUT2D eigenvalue weighted by Gasteiger charge is -2.15. The van der Waals surface area contributed by atoms with E-state index in [1.54, 1.807) is 30.3 Å². The van der Waals surface area contributed by atoms with Crippen molar-refractivity contribution in [3.05, 3.63) is 65.7 Å². The molecule has 0 radical (unpaired) electrons. The zero-order valence-electron chi connectivity index (χ0n) is 15.6. The second kappa shape index (κ2) is 9.36. The zero-order valence-corrected chi connectivity index (χ0v) is 16.5. The minimum atomic E-state index is -1.06. The van der Waals surface area contributed by atoms with Crippen molar-refractivity contribution in [2.24, 2.45) is 0 Å². The van der Waals surface area contributed by atoms with Crippen LogP contribution in [0.2, 0.25) is 0 Å². The minimum absolute atomic E-state index is 0.0812. The number of benzene rings is 2. The van der Waals surface area contributed by atoms with Crippen LogP contribution in [0.4, 0.5) is 5.69 Å². The molecule has 2 aromatic carbocycles. The van der Waals surface area contributed by atoms with Gasteiger partial charge in [-0.25, -0.2) is 9.69 Å². The number of ether oxygens (including phenoxy) is 1. The Kier molecular flexibility index (Phi) is 6.63. The average molecular weight is 427 g/mol. The molecule has 2 aromatic rings. The third-order valence-corrected chi connectivity index (χ3v) is 5.49. The molecule has 154 valence electrons. The van der Waals surface area contributed by atoms with Gasteiger partial charge in [0.25, 0.3) is 0 Å². The molecule has 0 aliphatic carbocycles. The fourth-order valence-corrected chi connectivity index (χ4v) is 3.70. The van der Waals surface area contributed by atoms with Crippen molar-refractivity contribution in [1.82, 2.24) is 0 Å². The van der Waals surface area contributed by atoms with Gasteiger partial charge in [-0.1, -0.05) is 30.3 Å². The lowest BCUT2D eigenvalue weighted by Crippen LogP contribution is -2.31. The first-order chi connectivity index (χ1) is 14.4. The predicted octanol–water partition coefficient (Wildman–Crippen LogP) is 2.18. The highest BCUT2D eigenvalue weighted by Gasteiger charge is 2.40. The molecule has 1 aliphatic heterocycles. The second-order valence-corrected chi connectivity index (χ2v) is 7.57. The van der Waals surface area contributed by atoms with E-state index in [0.29, 0.717) is 5.56 Å². The Morgan fingerprint density at radius 1 is 1.00 bits per heavy atom. The summed E-state index contributed by atoms with van der Waals surface area (Å²) in [6.45, 7) is -0.407. The molecule has 0 saturated carbocycles. The van der Waals surface area contributed by atoms with E-state index in [0.717, 1.165) is 16.7 Å². The van der Waals surface area contributed by atoms with Crippen LogP contribution in [0, 0.1) is 0 Å². The first-order valence-electron chi connectivity index (χ1n) is 8.92. The maximum absolute atomic E-state index is 12.4. The van der Waals surface area contributed by atoms with E-state index in [9.17, 15) is 24.0 Å². The largest absolute Gasteiger partial charge is 0.481 e. The first-order valence-corrected chi connectivity index (χ1v) is 9.97. The van der Waals surface area contributed by atoms with E-state index >= 15 is 0 Å². The normalized spacial score (nSPS) is 15.9. The molecule has 1 aliphatic rings. The summed E-state index contributed by atoms with van der Waals surface area (Å²) >= 11 is 0.900. The number of carboxylic acids is 1. The van der Waals surface area contributed by atoms with Crippen LogP contribution in [0.25, 0.3) is 0 Å². The number of amides is 2. The molecule has 1 fully saturated rings. The summed E-state index contributed by atoms with van der Waals surface area (Å²) in [5.41, 5.74) is 0.873. The van der Waals surface area contributed by atoms with Gasteiger partial charge in [0, 0.05) is 12.0 Å². The van der Waals surface area contributed by atoms with Gasteiger partial charge in [-0.15, -0.1) is 11.8 Å². The van der Waals surface area contributed by atoms with Gasteiger partial charge in [-0.05, 0) is 24.3 Å². The number of ketones is 1. The van der Waals surface area contributed by atoms with Gasteiger partial charge >= 0.3 is 11.9 Å². The SMILES string of the molecule is O=C(O)CSC1CC(=O)N(c2ccc(C(=O)OCC(=O)c3ccccc3)cc2)C1=O. The lowest BCUT2D eigenvalue weighted by molar-refractivity contribution is -0.134. The highest BCUT2D eigenvalue weighted by Crippen LogP contribution is 2.29. The number of hydrogen-bond acceptors (Lipinski definition) is 7. The van der Waals surface area contributed by atoms with E-state index in [4.69, 9.17) is 9.84 Å². The van der Waals surface area contributed by atoms with Gasteiger partial charge in [-0.3, -0.25) is 19.2 Å².